The summed E-state index contributed by atoms with van der Waals surface area (Å²) in [5, 5.41) is 6.12. The van der Waals surface area contributed by atoms with Crippen LogP contribution in [0.25, 0.3) is 10.8 Å². The van der Waals surface area contributed by atoms with Gasteiger partial charge in [0.05, 0.1) is 18.1 Å². The second-order valence-corrected chi connectivity index (χ2v) is 11.1. The molecule has 0 bridgehead atoms. The Hall–Kier alpha value is -3.23. The van der Waals surface area contributed by atoms with Crippen LogP contribution in [-0.2, 0) is 7.05 Å². The first-order valence-electron chi connectivity index (χ1n) is 12.8. The number of nitrogens with zero attached hydrogens (tertiary/aromatic N) is 5. The monoisotopic (exact) mass is 548 g/mol. The molecule has 2 aromatic carbocycles. The highest BCUT2D eigenvalue weighted by atomic mass is 35.5. The first kappa shape index (κ1) is 26.4. The van der Waals surface area contributed by atoms with E-state index >= 15 is 0 Å². The molecule has 0 aliphatic carbocycles. The van der Waals surface area contributed by atoms with E-state index in [2.05, 4.69) is 44.1 Å². The minimum Gasteiger partial charge on any atom is -0.378 e. The van der Waals surface area contributed by atoms with E-state index in [-0.39, 0.29) is 11.6 Å². The Morgan fingerprint density at radius 2 is 1.66 bits per heavy atom. The fourth-order valence-corrected chi connectivity index (χ4v) is 6.00. The summed E-state index contributed by atoms with van der Waals surface area (Å²) in [7, 11) is 1.87. The number of piperazine rings is 1. The maximum atomic E-state index is 13.6. The van der Waals surface area contributed by atoms with Gasteiger partial charge in [0.25, 0.3) is 5.56 Å². The Labute approximate surface area is 232 Å². The lowest BCUT2D eigenvalue weighted by atomic mass is 9.97. The third-order valence-corrected chi connectivity index (χ3v) is 8.26. The van der Waals surface area contributed by atoms with Crippen LogP contribution in [0.4, 0.5) is 17.2 Å². The lowest BCUT2D eigenvalue weighted by Gasteiger charge is -2.37. The third kappa shape index (κ3) is 5.20. The van der Waals surface area contributed by atoms with Gasteiger partial charge in [0, 0.05) is 60.3 Å². The molecule has 1 aliphatic rings. The molecule has 1 fully saturated rings. The number of aryl methyl sites for hydroxylation is 2. The Morgan fingerprint density at radius 1 is 0.974 bits per heavy atom. The number of anilines is 3. The van der Waals surface area contributed by atoms with Crippen LogP contribution in [0.1, 0.15) is 29.9 Å². The molecule has 38 heavy (non-hydrogen) atoms. The number of rotatable bonds is 6. The predicted octanol–water partition coefficient (Wildman–Crippen LogP) is 5.82. The molecular weight excluding hydrogens is 516 g/mol. The van der Waals surface area contributed by atoms with Crippen LogP contribution in [0.15, 0.2) is 58.5 Å². The van der Waals surface area contributed by atoms with Crippen molar-refractivity contribution in [1.29, 1.82) is 0 Å². The van der Waals surface area contributed by atoms with Gasteiger partial charge in [-0.1, -0.05) is 17.7 Å². The van der Waals surface area contributed by atoms with Gasteiger partial charge in [-0.25, -0.2) is 9.97 Å². The number of nitrogens with one attached hydrogen (secondary N) is 1. The van der Waals surface area contributed by atoms with Gasteiger partial charge in [0.1, 0.15) is 11.6 Å². The molecule has 0 saturated carbocycles. The highest BCUT2D eigenvalue weighted by Gasteiger charge is 2.22. The molecule has 9 heteroatoms. The summed E-state index contributed by atoms with van der Waals surface area (Å²) in [6, 6.07) is 12.3. The summed E-state index contributed by atoms with van der Waals surface area (Å²) in [5.74, 6) is 1.71. The summed E-state index contributed by atoms with van der Waals surface area (Å²) in [6.07, 6.45) is 5.82. The molecule has 1 saturated heterocycles. The van der Waals surface area contributed by atoms with Crippen LogP contribution in [0, 0.1) is 13.8 Å². The van der Waals surface area contributed by atoms with Crippen molar-refractivity contribution in [1.82, 2.24) is 14.5 Å². The topological polar surface area (TPSA) is 66.3 Å². The first-order chi connectivity index (χ1) is 18.2. The van der Waals surface area contributed by atoms with Crippen molar-refractivity contribution in [2.75, 3.05) is 47.6 Å². The van der Waals surface area contributed by atoms with Crippen molar-refractivity contribution < 1.29 is 0 Å². The van der Waals surface area contributed by atoms with Crippen LogP contribution in [0.2, 0.25) is 5.02 Å². The zero-order valence-electron chi connectivity index (χ0n) is 22.5. The van der Waals surface area contributed by atoms with Gasteiger partial charge in [0.2, 0.25) is 0 Å². The van der Waals surface area contributed by atoms with Crippen LogP contribution < -0.4 is 20.7 Å². The number of halogens is 1. The molecule has 7 nitrogen and oxygen atoms in total. The highest BCUT2D eigenvalue weighted by molar-refractivity contribution is 7.98. The van der Waals surface area contributed by atoms with Crippen molar-refractivity contribution in [2.45, 2.75) is 31.7 Å². The summed E-state index contributed by atoms with van der Waals surface area (Å²) in [6.45, 7) is 9.38. The van der Waals surface area contributed by atoms with Crippen LogP contribution in [0.5, 0.6) is 0 Å². The van der Waals surface area contributed by atoms with E-state index in [1.807, 2.05) is 63.8 Å². The Bertz CT molecular complexity index is 1530. The summed E-state index contributed by atoms with van der Waals surface area (Å²) in [4.78, 5) is 28.0. The van der Waals surface area contributed by atoms with Crippen molar-refractivity contribution in [2.24, 2.45) is 7.05 Å². The first-order valence-corrected chi connectivity index (χ1v) is 14.4. The average Bonchev–Trinajstić information content (AvgIpc) is 2.92. The molecule has 4 aromatic rings. The van der Waals surface area contributed by atoms with Gasteiger partial charge in [0.15, 0.2) is 0 Å². The quantitative estimate of drug-likeness (QED) is 0.304. The average molecular weight is 549 g/mol. The Balaban J connectivity index is 1.47. The molecule has 0 spiro atoms. The molecule has 0 unspecified atom stereocenters. The van der Waals surface area contributed by atoms with Gasteiger partial charge in [-0.05, 0) is 73.9 Å². The van der Waals surface area contributed by atoms with E-state index in [0.717, 1.165) is 81.0 Å². The molecule has 1 atom stereocenters. The normalized spacial score (nSPS) is 14.7. The van der Waals surface area contributed by atoms with Gasteiger partial charge in [-0.2, -0.15) is 0 Å². The van der Waals surface area contributed by atoms with Crippen molar-refractivity contribution >= 4 is 51.3 Å². The highest BCUT2D eigenvalue weighted by Crippen LogP contribution is 2.34. The minimum atomic E-state index is -0.0113. The number of fused-ring (bicyclic) bond motifs is 1. The SMILES string of the molecule is CSc1cc(Cl)ccc1N[C@H](C)c1cc(C)cc2c(=O)n(C)c(N3CCN(c4cnc(C)nc4)CC3)cc12. The van der Waals surface area contributed by atoms with Gasteiger partial charge < -0.3 is 15.1 Å². The molecule has 198 valence electrons. The molecular formula is C29H33ClN6OS. The molecule has 0 radical (unpaired) electrons. The van der Waals surface area contributed by atoms with E-state index in [1.165, 1.54) is 0 Å². The second kappa shape index (κ2) is 10.9. The van der Waals surface area contributed by atoms with Crippen LogP contribution >= 0.6 is 23.4 Å². The number of pyridine rings is 1. The van der Waals surface area contributed by atoms with Crippen molar-refractivity contribution in [3.63, 3.8) is 0 Å². The maximum absolute atomic E-state index is 13.6. The standard InChI is InChI=1S/C29H33ClN6OS/c1-18-12-23(19(2)33-26-7-6-21(30)14-27(26)38-5)24-15-28(34(4)29(37)25(24)13-18)36-10-8-35(9-11-36)22-16-31-20(3)32-17-22/h6-7,12-17,19,33H,8-11H2,1-5H3/t19-/m1/s1. The van der Waals surface area contributed by atoms with Gasteiger partial charge in [-0.3, -0.25) is 9.36 Å². The molecule has 5 rings (SSSR count). The Kier molecular flexibility index (Phi) is 7.54. The smallest absolute Gasteiger partial charge is 0.259 e. The maximum Gasteiger partial charge on any atom is 0.259 e. The predicted molar refractivity (Wildman–Crippen MR) is 160 cm³/mol. The van der Waals surface area contributed by atoms with E-state index in [9.17, 15) is 4.79 Å². The Morgan fingerprint density at radius 3 is 2.34 bits per heavy atom. The van der Waals surface area contributed by atoms with E-state index in [1.54, 1.807) is 16.3 Å². The van der Waals surface area contributed by atoms with Crippen molar-refractivity contribution in [3.05, 3.63) is 81.1 Å². The number of thioether (sulfide) groups is 1. The van der Waals surface area contributed by atoms with Gasteiger partial charge in [-0.15, -0.1) is 11.8 Å². The number of hydrogen-bond donors (Lipinski definition) is 1. The largest absolute Gasteiger partial charge is 0.378 e. The van der Waals surface area contributed by atoms with E-state index in [4.69, 9.17) is 11.6 Å². The summed E-state index contributed by atoms with van der Waals surface area (Å²) in [5.41, 5.74) is 4.27. The molecule has 1 N–H and O–H groups in total. The molecule has 1 aliphatic heterocycles. The second-order valence-electron chi connectivity index (χ2n) is 9.86. The lowest BCUT2D eigenvalue weighted by Crippen LogP contribution is -2.48. The van der Waals surface area contributed by atoms with Crippen LogP contribution in [0.3, 0.4) is 0 Å². The zero-order chi connectivity index (χ0) is 27.0. The molecule has 2 aromatic heterocycles. The van der Waals surface area contributed by atoms with Crippen molar-refractivity contribution in [3.8, 4) is 0 Å². The number of aromatic nitrogens is 3. The fraction of sp³-hybridized carbons (Fsp3) is 0.345. The van der Waals surface area contributed by atoms with Gasteiger partial charge >= 0.3 is 0 Å². The number of hydrogen-bond acceptors (Lipinski definition) is 7. The van der Waals surface area contributed by atoms with E-state index < -0.39 is 0 Å². The van der Waals surface area contributed by atoms with Crippen LogP contribution in [-0.4, -0.2) is 47.0 Å². The fourth-order valence-electron chi connectivity index (χ4n) is 5.17. The lowest BCUT2D eigenvalue weighted by molar-refractivity contribution is 0.631. The van der Waals surface area contributed by atoms with E-state index in [0.29, 0.717) is 0 Å². The third-order valence-electron chi connectivity index (χ3n) is 7.25. The summed E-state index contributed by atoms with van der Waals surface area (Å²) < 4.78 is 1.79. The minimum absolute atomic E-state index is 0.0113. The zero-order valence-corrected chi connectivity index (χ0v) is 24.0. The molecule has 3 heterocycles. The molecule has 0 amide bonds. The summed E-state index contributed by atoms with van der Waals surface area (Å²) >= 11 is 7.89. The number of benzene rings is 2.